The highest BCUT2D eigenvalue weighted by atomic mass is 32.2. The zero-order valence-electron chi connectivity index (χ0n) is 21.1. The van der Waals surface area contributed by atoms with Crippen LogP contribution in [0.15, 0.2) is 85.1 Å². The Kier molecular flexibility index (Phi) is 10.2. The Labute approximate surface area is 211 Å². The van der Waals surface area contributed by atoms with Crippen molar-refractivity contribution in [2.45, 2.75) is 34.1 Å². The summed E-state index contributed by atoms with van der Waals surface area (Å²) < 4.78 is 28.0. The minimum atomic E-state index is -0.659. The lowest BCUT2D eigenvalue weighted by Gasteiger charge is -2.14. The van der Waals surface area contributed by atoms with Gasteiger partial charge in [-0.15, -0.1) is 0 Å². The van der Waals surface area contributed by atoms with Crippen LogP contribution in [0, 0.1) is 24.6 Å². The number of benzene rings is 3. The van der Waals surface area contributed by atoms with E-state index in [1.165, 1.54) is 24.1 Å². The second kappa shape index (κ2) is 13.3. The van der Waals surface area contributed by atoms with E-state index in [-0.39, 0.29) is 5.82 Å². The molecule has 35 heavy (non-hydrogen) atoms. The van der Waals surface area contributed by atoms with Gasteiger partial charge in [-0.3, -0.25) is 0 Å². The number of piperidine rings is 1. The summed E-state index contributed by atoms with van der Waals surface area (Å²) in [5.74, 6) is 2.38. The lowest BCUT2D eigenvalue weighted by atomic mass is 10.2. The second-order valence-electron chi connectivity index (χ2n) is 8.46. The molecule has 4 nitrogen and oxygen atoms in total. The van der Waals surface area contributed by atoms with Gasteiger partial charge in [0.05, 0.1) is 28.4 Å². The molecule has 0 spiro atoms. The van der Waals surface area contributed by atoms with Crippen LogP contribution in [-0.4, -0.2) is 37.1 Å². The Bertz CT molecular complexity index is 1160. The summed E-state index contributed by atoms with van der Waals surface area (Å²) in [6.45, 7) is 10.2. The minimum Gasteiger partial charge on any atom is -0.243 e. The second-order valence-corrected chi connectivity index (χ2v) is 10.2. The molecule has 3 unspecified atom stereocenters. The zero-order valence-corrected chi connectivity index (χ0v) is 21.9. The van der Waals surface area contributed by atoms with Crippen LogP contribution in [0.3, 0.4) is 0 Å². The first-order valence-corrected chi connectivity index (χ1v) is 13.7. The Morgan fingerprint density at radius 1 is 0.943 bits per heavy atom. The molecule has 2 aliphatic rings. The van der Waals surface area contributed by atoms with Crippen LogP contribution in [0.5, 0.6) is 0 Å². The van der Waals surface area contributed by atoms with Crippen molar-refractivity contribution in [1.82, 2.24) is 14.1 Å². The predicted octanol–water partition coefficient (Wildman–Crippen LogP) is 6.81. The summed E-state index contributed by atoms with van der Waals surface area (Å²) in [6, 6.07) is 24.5. The molecule has 3 aromatic carbocycles. The highest BCUT2D eigenvalue weighted by Gasteiger charge is 2.46. The molecular weight excluding hydrogens is 457 g/mol. The van der Waals surface area contributed by atoms with Gasteiger partial charge in [0.1, 0.15) is 5.82 Å². The van der Waals surface area contributed by atoms with Gasteiger partial charge in [-0.25, -0.2) is 17.6 Å². The van der Waals surface area contributed by atoms with Gasteiger partial charge in [0.15, 0.2) is 0 Å². The van der Waals surface area contributed by atoms with Gasteiger partial charge in [-0.05, 0) is 61.1 Å². The van der Waals surface area contributed by atoms with Crippen molar-refractivity contribution in [1.29, 1.82) is 0 Å². The monoisotopic (exact) mass is 493 g/mol. The molecule has 1 saturated carbocycles. The van der Waals surface area contributed by atoms with Crippen molar-refractivity contribution in [2.75, 3.05) is 18.8 Å². The van der Waals surface area contributed by atoms with Crippen LogP contribution in [0.1, 0.15) is 32.8 Å². The van der Waals surface area contributed by atoms with E-state index in [0.29, 0.717) is 0 Å². The first kappa shape index (κ1) is 26.8. The summed E-state index contributed by atoms with van der Waals surface area (Å²) in [4.78, 5) is 0. The number of hydrogen-bond donors (Lipinski definition) is 0. The summed E-state index contributed by atoms with van der Waals surface area (Å²) >= 11 is 0. The van der Waals surface area contributed by atoms with Gasteiger partial charge >= 0.3 is 0 Å². The maximum absolute atomic E-state index is 12.9. The van der Waals surface area contributed by atoms with Crippen LogP contribution >= 0.6 is 0 Å². The maximum Gasteiger partial charge on any atom is 0.123 e. The van der Waals surface area contributed by atoms with Crippen molar-refractivity contribution in [3.05, 3.63) is 96.4 Å². The first-order valence-electron chi connectivity index (χ1n) is 12.4. The van der Waals surface area contributed by atoms with Crippen LogP contribution in [0.2, 0.25) is 0 Å². The number of aromatic nitrogens is 2. The molecule has 4 aromatic rings. The number of aryl methyl sites for hydroxylation is 1. The average Bonchev–Trinajstić information content (AvgIpc) is 3.31. The molecule has 6 heteroatoms. The van der Waals surface area contributed by atoms with E-state index in [9.17, 15) is 8.60 Å². The van der Waals surface area contributed by atoms with E-state index in [1.54, 1.807) is 12.1 Å². The molecule has 2 heterocycles. The molecule has 1 saturated heterocycles. The largest absolute Gasteiger partial charge is 0.243 e. The van der Waals surface area contributed by atoms with E-state index >= 15 is 0 Å². The fourth-order valence-corrected chi connectivity index (χ4v) is 5.09. The van der Waals surface area contributed by atoms with Crippen LogP contribution in [0.25, 0.3) is 16.6 Å². The molecule has 0 radical (unpaired) electrons. The topological polar surface area (TPSA) is 38.1 Å². The smallest absolute Gasteiger partial charge is 0.123 e. The highest BCUT2D eigenvalue weighted by Crippen LogP contribution is 2.45. The molecule has 1 aromatic heterocycles. The lowest BCUT2D eigenvalue weighted by molar-refractivity contribution is 0.485. The van der Waals surface area contributed by atoms with E-state index in [0.717, 1.165) is 47.3 Å². The number of halogens is 1. The molecule has 2 fully saturated rings. The molecule has 1 aliphatic carbocycles. The zero-order chi connectivity index (χ0) is 25.2. The van der Waals surface area contributed by atoms with Gasteiger partial charge in [-0.1, -0.05) is 69.3 Å². The Balaban J connectivity index is 0.000000160. The fourth-order valence-electron chi connectivity index (χ4n) is 4.01. The van der Waals surface area contributed by atoms with Gasteiger partial charge in [0.2, 0.25) is 0 Å². The van der Waals surface area contributed by atoms with Crippen molar-refractivity contribution in [3.63, 3.8) is 0 Å². The third-order valence-electron chi connectivity index (χ3n) is 5.94. The Morgan fingerprint density at radius 3 is 2.06 bits per heavy atom. The molecule has 0 amide bonds. The van der Waals surface area contributed by atoms with Crippen molar-refractivity contribution < 1.29 is 8.60 Å². The van der Waals surface area contributed by atoms with Crippen molar-refractivity contribution in [3.8, 4) is 5.69 Å². The van der Waals surface area contributed by atoms with Gasteiger partial charge in [0, 0.05) is 24.2 Å². The Morgan fingerprint density at radius 2 is 1.51 bits per heavy atom. The third kappa shape index (κ3) is 7.58. The first-order chi connectivity index (χ1) is 17.0. The standard InChI is InChI=1S/C14H11FN2.C7H13NOS.C6H6.C2H6/c1-10-2-3-11-9-16-17(14(11)8-10)13-6-4-12(15)5-7-13;1-2-10(9)8-4-6-3-7(6)5-8;1-2-4-6-5-3-1;1-2/h2-9H,1H3;6-7H,2-5H2,1H3;1-6H;1-2H3. The summed E-state index contributed by atoms with van der Waals surface area (Å²) in [5.41, 5.74) is 3.09. The average molecular weight is 494 g/mol. The summed E-state index contributed by atoms with van der Waals surface area (Å²) in [5, 5.41) is 5.41. The number of hydrogen-bond acceptors (Lipinski definition) is 2. The van der Waals surface area contributed by atoms with Crippen molar-refractivity contribution in [2.24, 2.45) is 11.8 Å². The quantitative estimate of drug-likeness (QED) is 0.314. The van der Waals surface area contributed by atoms with E-state index < -0.39 is 11.0 Å². The minimum absolute atomic E-state index is 0.235. The van der Waals surface area contributed by atoms with Crippen LogP contribution in [0.4, 0.5) is 4.39 Å². The number of fused-ring (bicyclic) bond motifs is 2. The Hall–Kier alpha value is -2.83. The van der Waals surface area contributed by atoms with E-state index in [4.69, 9.17) is 0 Å². The van der Waals surface area contributed by atoms with E-state index in [2.05, 4.69) is 21.5 Å². The van der Waals surface area contributed by atoms with Crippen molar-refractivity contribution >= 4 is 21.9 Å². The number of rotatable bonds is 3. The fraction of sp³-hybridized carbons (Fsp3) is 0.345. The molecule has 6 rings (SSSR count). The molecule has 1 aliphatic heterocycles. The third-order valence-corrected chi connectivity index (χ3v) is 7.31. The van der Waals surface area contributed by atoms with Crippen LogP contribution in [-0.2, 0) is 11.0 Å². The normalized spacial score (nSPS) is 18.7. The SMILES string of the molecule is CC.CCS(=O)N1CC2CC2C1.Cc1ccc2cnn(-c3ccc(F)cc3)c2c1.c1ccccc1. The number of nitrogens with zero attached hydrogens (tertiary/aromatic N) is 3. The van der Waals surface area contributed by atoms with E-state index in [1.807, 2.05) is 81.0 Å². The summed E-state index contributed by atoms with van der Waals surface area (Å²) in [6.07, 6.45) is 3.22. The molecule has 0 bridgehead atoms. The lowest BCUT2D eigenvalue weighted by Crippen LogP contribution is -2.26. The van der Waals surface area contributed by atoms with Gasteiger partial charge < -0.3 is 0 Å². The molecular formula is C29H36FN3OS. The molecule has 0 N–H and O–H groups in total. The predicted molar refractivity (Wildman–Crippen MR) is 145 cm³/mol. The van der Waals surface area contributed by atoms with Crippen LogP contribution < -0.4 is 0 Å². The van der Waals surface area contributed by atoms with Gasteiger partial charge in [0.25, 0.3) is 0 Å². The maximum atomic E-state index is 12.9. The molecule has 186 valence electrons. The van der Waals surface area contributed by atoms with Gasteiger partial charge in [-0.2, -0.15) is 5.10 Å². The highest BCUT2D eigenvalue weighted by molar-refractivity contribution is 7.82. The summed E-state index contributed by atoms with van der Waals surface area (Å²) in [7, 11) is -0.659. The molecule has 3 atom stereocenters.